The monoisotopic (exact) mass is 312 g/mol. The average molecular weight is 312 g/mol. The summed E-state index contributed by atoms with van der Waals surface area (Å²) in [5.41, 5.74) is 1.63. The molecule has 1 atom stereocenters. The van der Waals surface area contributed by atoms with Crippen LogP contribution in [0, 0.1) is 0 Å². The molecular formula is C17H20N4O2. The van der Waals surface area contributed by atoms with Gasteiger partial charge >= 0.3 is 0 Å². The molecule has 1 fully saturated rings. The van der Waals surface area contributed by atoms with E-state index in [1.807, 2.05) is 49.5 Å². The molecule has 1 saturated heterocycles. The van der Waals surface area contributed by atoms with E-state index in [2.05, 4.69) is 20.5 Å². The lowest BCUT2D eigenvalue weighted by atomic mass is 10.2. The molecule has 1 aliphatic rings. The number of pyridine rings is 1. The van der Waals surface area contributed by atoms with E-state index in [0.29, 0.717) is 18.8 Å². The molecule has 1 aromatic carbocycles. The van der Waals surface area contributed by atoms with Crippen molar-refractivity contribution in [3.63, 3.8) is 0 Å². The van der Waals surface area contributed by atoms with Crippen LogP contribution in [0.1, 0.15) is 0 Å². The second-order valence-corrected chi connectivity index (χ2v) is 5.53. The summed E-state index contributed by atoms with van der Waals surface area (Å²) in [5, 5.41) is 6.04. The molecule has 0 aliphatic carbocycles. The highest BCUT2D eigenvalue weighted by atomic mass is 16.5. The Morgan fingerprint density at radius 1 is 1.22 bits per heavy atom. The zero-order valence-electron chi connectivity index (χ0n) is 13.0. The van der Waals surface area contributed by atoms with Crippen LogP contribution >= 0.6 is 0 Å². The van der Waals surface area contributed by atoms with Gasteiger partial charge in [-0.1, -0.05) is 18.2 Å². The minimum atomic E-state index is -0.434. The molecule has 1 aliphatic heterocycles. The fraction of sp³-hybridized carbons (Fsp3) is 0.294. The molecule has 3 rings (SSSR count). The largest absolute Gasteiger partial charge is 0.366 e. The zero-order valence-corrected chi connectivity index (χ0v) is 13.0. The van der Waals surface area contributed by atoms with E-state index in [1.165, 1.54) is 0 Å². The van der Waals surface area contributed by atoms with E-state index >= 15 is 0 Å². The van der Waals surface area contributed by atoms with Crippen molar-refractivity contribution in [3.05, 3.63) is 48.7 Å². The van der Waals surface area contributed by atoms with Crippen molar-refractivity contribution in [3.8, 4) is 0 Å². The van der Waals surface area contributed by atoms with Gasteiger partial charge in [-0.2, -0.15) is 0 Å². The molecule has 0 unspecified atom stereocenters. The van der Waals surface area contributed by atoms with Crippen LogP contribution in [-0.2, 0) is 9.53 Å². The van der Waals surface area contributed by atoms with E-state index < -0.39 is 6.10 Å². The number of nitrogens with zero attached hydrogens (tertiary/aromatic N) is 2. The van der Waals surface area contributed by atoms with Crippen molar-refractivity contribution < 1.29 is 9.53 Å². The number of nitrogens with one attached hydrogen (secondary N) is 2. The van der Waals surface area contributed by atoms with Crippen LogP contribution in [0.5, 0.6) is 0 Å². The normalized spacial score (nSPS) is 18.4. The first kappa shape index (κ1) is 15.5. The highest BCUT2D eigenvalue weighted by Crippen LogP contribution is 2.16. The summed E-state index contributed by atoms with van der Waals surface area (Å²) in [7, 11) is 1.98. The topological polar surface area (TPSA) is 66.5 Å². The lowest BCUT2D eigenvalue weighted by Gasteiger charge is -2.29. The quantitative estimate of drug-likeness (QED) is 0.905. The number of ether oxygens (including phenoxy) is 1. The van der Waals surface area contributed by atoms with Gasteiger partial charge in [0.15, 0.2) is 0 Å². The van der Waals surface area contributed by atoms with E-state index in [-0.39, 0.29) is 5.91 Å². The molecule has 0 spiro atoms. The van der Waals surface area contributed by atoms with Crippen LogP contribution in [-0.4, -0.2) is 48.6 Å². The van der Waals surface area contributed by atoms with Gasteiger partial charge in [-0.25, -0.2) is 4.98 Å². The molecule has 120 valence electrons. The maximum atomic E-state index is 12.2. The van der Waals surface area contributed by atoms with E-state index in [0.717, 1.165) is 18.1 Å². The molecule has 2 heterocycles. The summed E-state index contributed by atoms with van der Waals surface area (Å²) in [5.74, 6) is 0.588. The second-order valence-electron chi connectivity index (χ2n) is 5.53. The molecular weight excluding hydrogens is 292 g/mol. The summed E-state index contributed by atoms with van der Waals surface area (Å²) in [6, 6.07) is 13.5. The summed E-state index contributed by atoms with van der Waals surface area (Å²) in [4.78, 5) is 18.6. The number of rotatable bonds is 4. The number of amides is 1. The Kier molecular flexibility index (Phi) is 4.85. The van der Waals surface area contributed by atoms with Gasteiger partial charge in [0.1, 0.15) is 11.9 Å². The lowest BCUT2D eigenvalue weighted by molar-refractivity contribution is -0.132. The van der Waals surface area contributed by atoms with E-state index in [1.54, 1.807) is 6.20 Å². The van der Waals surface area contributed by atoms with Gasteiger partial charge in [0.2, 0.25) is 0 Å². The van der Waals surface area contributed by atoms with Crippen molar-refractivity contribution in [2.45, 2.75) is 6.10 Å². The third-order valence-electron chi connectivity index (χ3n) is 3.64. The van der Waals surface area contributed by atoms with Gasteiger partial charge in [0.05, 0.1) is 18.5 Å². The van der Waals surface area contributed by atoms with Crippen molar-refractivity contribution in [1.29, 1.82) is 0 Å². The predicted molar refractivity (Wildman–Crippen MR) is 89.8 cm³/mol. The first-order valence-corrected chi connectivity index (χ1v) is 7.60. The fourth-order valence-electron chi connectivity index (χ4n) is 2.37. The number of benzene rings is 1. The van der Waals surface area contributed by atoms with Crippen LogP contribution in [0.25, 0.3) is 0 Å². The molecule has 6 nitrogen and oxygen atoms in total. The molecule has 2 aromatic rings. The van der Waals surface area contributed by atoms with Crippen molar-refractivity contribution in [1.82, 2.24) is 9.88 Å². The van der Waals surface area contributed by atoms with Crippen molar-refractivity contribution in [2.75, 3.05) is 37.4 Å². The van der Waals surface area contributed by atoms with Crippen LogP contribution in [0.3, 0.4) is 0 Å². The summed E-state index contributed by atoms with van der Waals surface area (Å²) < 4.78 is 5.50. The number of hydrogen-bond acceptors (Lipinski definition) is 5. The third kappa shape index (κ3) is 4.28. The van der Waals surface area contributed by atoms with Crippen LogP contribution in [0.2, 0.25) is 0 Å². The Labute approximate surface area is 135 Å². The number of para-hydroxylation sites is 1. The standard InChI is InChI=1S/C17H20N4O2/c1-21-9-10-23-15(12-21)17(22)20-14-7-8-16(18-11-14)19-13-5-3-2-4-6-13/h2-8,11,15H,9-10,12H2,1H3,(H,18,19)(H,20,22)/t15-/m0/s1. The van der Waals surface area contributed by atoms with Gasteiger partial charge in [-0.15, -0.1) is 0 Å². The van der Waals surface area contributed by atoms with Crippen molar-refractivity contribution in [2.24, 2.45) is 0 Å². The smallest absolute Gasteiger partial charge is 0.254 e. The average Bonchev–Trinajstić information content (AvgIpc) is 2.57. The van der Waals surface area contributed by atoms with E-state index in [9.17, 15) is 4.79 Å². The first-order valence-electron chi connectivity index (χ1n) is 7.60. The Balaban J connectivity index is 1.58. The molecule has 0 bridgehead atoms. The molecule has 2 N–H and O–H groups in total. The van der Waals surface area contributed by atoms with Crippen LogP contribution < -0.4 is 10.6 Å². The molecule has 1 amide bonds. The second kappa shape index (κ2) is 7.21. The van der Waals surface area contributed by atoms with Gasteiger partial charge in [0, 0.05) is 18.8 Å². The van der Waals surface area contributed by atoms with E-state index in [4.69, 9.17) is 4.74 Å². The molecule has 0 saturated carbocycles. The van der Waals surface area contributed by atoms with Gasteiger partial charge in [-0.05, 0) is 31.3 Å². The van der Waals surface area contributed by atoms with Gasteiger partial charge in [-0.3, -0.25) is 4.79 Å². The van der Waals surface area contributed by atoms with Crippen LogP contribution in [0.4, 0.5) is 17.2 Å². The minimum absolute atomic E-state index is 0.137. The SMILES string of the molecule is CN1CCO[C@H](C(=O)Nc2ccc(Nc3ccccc3)nc2)C1. The maximum Gasteiger partial charge on any atom is 0.254 e. The Bertz CT molecular complexity index is 645. The van der Waals surface area contributed by atoms with Crippen LogP contribution in [0.15, 0.2) is 48.7 Å². The fourth-order valence-corrected chi connectivity index (χ4v) is 2.37. The lowest BCUT2D eigenvalue weighted by Crippen LogP contribution is -2.46. The third-order valence-corrected chi connectivity index (χ3v) is 3.64. The van der Waals surface area contributed by atoms with Crippen molar-refractivity contribution >= 4 is 23.1 Å². The summed E-state index contributed by atoms with van der Waals surface area (Å²) in [6.45, 7) is 2.03. The number of anilines is 3. The summed E-state index contributed by atoms with van der Waals surface area (Å²) in [6.07, 6.45) is 1.20. The van der Waals surface area contributed by atoms with Gasteiger partial charge in [0.25, 0.3) is 5.91 Å². The Morgan fingerprint density at radius 2 is 2.04 bits per heavy atom. The number of carbonyl (C=O) groups is 1. The highest BCUT2D eigenvalue weighted by Gasteiger charge is 2.24. The number of carbonyl (C=O) groups excluding carboxylic acids is 1. The minimum Gasteiger partial charge on any atom is -0.366 e. The summed E-state index contributed by atoms with van der Waals surface area (Å²) >= 11 is 0. The Morgan fingerprint density at radius 3 is 2.74 bits per heavy atom. The number of aromatic nitrogens is 1. The number of hydrogen-bond donors (Lipinski definition) is 2. The number of morpholine rings is 1. The Hall–Kier alpha value is -2.44. The predicted octanol–water partition coefficient (Wildman–Crippen LogP) is 2.09. The first-order chi connectivity index (χ1) is 11.2. The highest BCUT2D eigenvalue weighted by molar-refractivity contribution is 5.94. The number of likely N-dealkylation sites (N-methyl/N-ethyl adjacent to an activating group) is 1. The molecule has 6 heteroatoms. The van der Waals surface area contributed by atoms with Gasteiger partial charge < -0.3 is 20.3 Å². The molecule has 0 radical (unpaired) electrons. The molecule has 1 aromatic heterocycles. The maximum absolute atomic E-state index is 12.2. The zero-order chi connectivity index (χ0) is 16.1. The molecule has 23 heavy (non-hydrogen) atoms.